The fraction of sp³-hybridized carbons (Fsp3) is 0. The van der Waals surface area contributed by atoms with Gasteiger partial charge in [-0.05, 0) is 66.7 Å². The number of benzene rings is 7. The van der Waals surface area contributed by atoms with E-state index < -0.39 is 0 Å². The van der Waals surface area contributed by atoms with Crippen molar-refractivity contribution in [2.24, 2.45) is 0 Å². The molecule has 210 valence electrons. The summed E-state index contributed by atoms with van der Waals surface area (Å²) in [7, 11) is 0. The lowest BCUT2D eigenvalue weighted by molar-refractivity contribution is 1.17. The van der Waals surface area contributed by atoms with Crippen LogP contribution in [0.15, 0.2) is 164 Å². The second kappa shape index (κ2) is 9.22. The van der Waals surface area contributed by atoms with Crippen LogP contribution in [0, 0.1) is 0 Å². The highest BCUT2D eigenvalue weighted by Crippen LogP contribution is 2.44. The first kappa shape index (κ1) is 24.4. The van der Waals surface area contributed by atoms with E-state index in [1.165, 1.54) is 76.8 Å². The molecule has 0 saturated carbocycles. The van der Waals surface area contributed by atoms with Crippen LogP contribution in [0.2, 0.25) is 0 Å². The van der Waals surface area contributed by atoms with E-state index in [0.29, 0.717) is 0 Å². The first-order chi connectivity index (χ1) is 22.4. The molecule has 0 atom stereocenters. The lowest BCUT2D eigenvalue weighted by atomic mass is 10.1. The highest BCUT2D eigenvalue weighted by atomic mass is 15.0. The summed E-state index contributed by atoms with van der Waals surface area (Å²) in [5, 5.41) is 7.54. The number of rotatable bonds is 3. The fourth-order valence-electron chi connectivity index (χ4n) is 7.57. The van der Waals surface area contributed by atoms with Gasteiger partial charge in [0.2, 0.25) is 0 Å². The number of nitrogens with zero attached hydrogens (tertiary/aromatic N) is 3. The topological polar surface area (TPSA) is 14.8 Å². The largest absolute Gasteiger partial charge is 0.309 e. The van der Waals surface area contributed by atoms with E-state index >= 15 is 0 Å². The first-order valence-corrected chi connectivity index (χ1v) is 15.5. The minimum atomic E-state index is 1.16. The van der Waals surface area contributed by atoms with E-state index in [1.54, 1.807) is 0 Å². The molecule has 0 bridgehead atoms. The lowest BCUT2D eigenvalue weighted by Gasteiger charge is -2.10. The Morgan fingerprint density at radius 2 is 0.711 bits per heavy atom. The molecule has 0 saturated heterocycles. The molecule has 10 rings (SSSR count). The number of para-hydroxylation sites is 5. The Kier molecular flexibility index (Phi) is 5.00. The number of hydrogen-bond donors (Lipinski definition) is 0. The Morgan fingerprint density at radius 3 is 1.33 bits per heavy atom. The van der Waals surface area contributed by atoms with Crippen LogP contribution in [0.3, 0.4) is 0 Å². The summed E-state index contributed by atoms with van der Waals surface area (Å²) in [5.41, 5.74) is 10.8. The average Bonchev–Trinajstić information content (AvgIpc) is 3.73. The maximum atomic E-state index is 2.49. The second-order valence-corrected chi connectivity index (χ2v) is 11.8. The molecule has 10 aromatic rings. The van der Waals surface area contributed by atoms with Gasteiger partial charge in [0, 0.05) is 49.4 Å². The molecular weight excluding hydrogens is 546 g/mol. The van der Waals surface area contributed by atoms with E-state index in [2.05, 4.69) is 177 Å². The zero-order chi connectivity index (χ0) is 29.5. The number of hydrogen-bond acceptors (Lipinski definition) is 0. The summed E-state index contributed by atoms with van der Waals surface area (Å²) >= 11 is 0. The van der Waals surface area contributed by atoms with E-state index in [0.717, 1.165) is 5.69 Å². The van der Waals surface area contributed by atoms with Gasteiger partial charge >= 0.3 is 0 Å². The van der Waals surface area contributed by atoms with Gasteiger partial charge in [-0.15, -0.1) is 0 Å². The van der Waals surface area contributed by atoms with Crippen LogP contribution in [0.4, 0.5) is 0 Å². The molecule has 0 fully saturated rings. The van der Waals surface area contributed by atoms with Gasteiger partial charge in [-0.2, -0.15) is 0 Å². The molecule has 3 nitrogen and oxygen atoms in total. The van der Waals surface area contributed by atoms with Crippen molar-refractivity contribution in [1.82, 2.24) is 13.7 Å². The smallest absolute Gasteiger partial charge is 0.0641 e. The van der Waals surface area contributed by atoms with Gasteiger partial charge in [-0.3, -0.25) is 0 Å². The zero-order valence-corrected chi connectivity index (χ0v) is 24.4. The van der Waals surface area contributed by atoms with Crippen LogP contribution in [-0.2, 0) is 0 Å². The Balaban J connectivity index is 1.44. The third-order valence-corrected chi connectivity index (χ3v) is 9.40. The van der Waals surface area contributed by atoms with Crippen molar-refractivity contribution in [1.29, 1.82) is 0 Å². The Labute approximate surface area is 259 Å². The second-order valence-electron chi connectivity index (χ2n) is 11.8. The first-order valence-electron chi connectivity index (χ1n) is 15.5. The van der Waals surface area contributed by atoms with Gasteiger partial charge in [0.1, 0.15) is 0 Å². The van der Waals surface area contributed by atoms with Crippen molar-refractivity contribution in [3.05, 3.63) is 164 Å². The predicted molar refractivity (Wildman–Crippen MR) is 189 cm³/mol. The van der Waals surface area contributed by atoms with Crippen molar-refractivity contribution in [2.75, 3.05) is 0 Å². The van der Waals surface area contributed by atoms with Gasteiger partial charge < -0.3 is 13.7 Å². The van der Waals surface area contributed by atoms with Gasteiger partial charge in [0.05, 0.1) is 33.1 Å². The monoisotopic (exact) mass is 573 g/mol. The molecule has 0 spiro atoms. The van der Waals surface area contributed by atoms with Gasteiger partial charge in [-0.1, -0.05) is 97.1 Å². The molecule has 0 aliphatic heterocycles. The lowest BCUT2D eigenvalue weighted by Crippen LogP contribution is -1.95. The minimum absolute atomic E-state index is 1.16. The third kappa shape index (κ3) is 3.35. The van der Waals surface area contributed by atoms with Gasteiger partial charge in [0.25, 0.3) is 0 Å². The molecule has 0 aliphatic carbocycles. The summed E-state index contributed by atoms with van der Waals surface area (Å²) in [6.45, 7) is 0. The molecule has 3 heteroatoms. The van der Waals surface area contributed by atoms with Crippen LogP contribution in [0.25, 0.3) is 82.5 Å². The summed E-state index contributed by atoms with van der Waals surface area (Å²) < 4.78 is 7.31. The van der Waals surface area contributed by atoms with E-state index in [-0.39, 0.29) is 0 Å². The highest BCUT2D eigenvalue weighted by molar-refractivity contribution is 6.28. The molecule has 7 aromatic carbocycles. The molecule has 0 radical (unpaired) electrons. The summed E-state index contributed by atoms with van der Waals surface area (Å²) in [5.74, 6) is 0. The van der Waals surface area contributed by atoms with Crippen LogP contribution in [-0.4, -0.2) is 13.7 Å². The van der Waals surface area contributed by atoms with Gasteiger partial charge in [-0.25, -0.2) is 0 Å². The van der Waals surface area contributed by atoms with E-state index in [1.807, 2.05) is 0 Å². The molecule has 0 aliphatic rings. The minimum Gasteiger partial charge on any atom is -0.309 e. The molecule has 3 heterocycles. The molecule has 0 amide bonds. The summed E-state index contributed by atoms with van der Waals surface area (Å²) in [6.07, 6.45) is 0. The van der Waals surface area contributed by atoms with Crippen molar-refractivity contribution in [2.45, 2.75) is 0 Å². The van der Waals surface area contributed by atoms with Crippen molar-refractivity contribution < 1.29 is 0 Å². The average molecular weight is 574 g/mol. The van der Waals surface area contributed by atoms with Crippen LogP contribution in [0.5, 0.6) is 0 Å². The van der Waals surface area contributed by atoms with Crippen LogP contribution in [0.1, 0.15) is 0 Å². The number of aromatic nitrogens is 3. The zero-order valence-electron chi connectivity index (χ0n) is 24.4. The maximum Gasteiger partial charge on any atom is 0.0641 e. The Bertz CT molecular complexity index is 2730. The third-order valence-electron chi connectivity index (χ3n) is 9.40. The Hall–Kier alpha value is -6.06. The van der Waals surface area contributed by atoms with E-state index in [9.17, 15) is 0 Å². The molecule has 45 heavy (non-hydrogen) atoms. The normalized spacial score (nSPS) is 12.0. The van der Waals surface area contributed by atoms with Gasteiger partial charge in [0.15, 0.2) is 0 Å². The van der Waals surface area contributed by atoms with Crippen LogP contribution < -0.4 is 0 Å². The quantitative estimate of drug-likeness (QED) is 0.200. The SMILES string of the molecule is c1ccc(-n2c3ccccc3c3cc4c(cc32)c2ccc3c(c5ccccc5n3-c3ccccc3)c2n4-c2ccccc2)cc1. The molecule has 0 N–H and O–H groups in total. The van der Waals surface area contributed by atoms with Crippen molar-refractivity contribution in [3.63, 3.8) is 0 Å². The Morgan fingerprint density at radius 1 is 0.267 bits per heavy atom. The van der Waals surface area contributed by atoms with E-state index in [4.69, 9.17) is 0 Å². The fourth-order valence-corrected chi connectivity index (χ4v) is 7.57. The standard InChI is InChI=1S/C42H27N3/c1-4-14-28(15-5-1)43-37-23-13-11-21-33(37)41-38(43)25-24-32-35-27-39-34(26-40(35)45(42(32)41)30-18-8-3-9-19-30)31-20-10-12-22-36(31)44(39)29-16-6-2-7-17-29/h1-27H. The van der Waals surface area contributed by atoms with Crippen LogP contribution >= 0.6 is 0 Å². The molecular formula is C42H27N3. The highest BCUT2D eigenvalue weighted by Gasteiger charge is 2.22. The van der Waals surface area contributed by atoms with Crippen molar-refractivity contribution >= 4 is 65.4 Å². The molecule has 3 aromatic heterocycles. The number of fused-ring (bicyclic) bond motifs is 10. The maximum absolute atomic E-state index is 2.49. The molecule has 0 unspecified atom stereocenters. The van der Waals surface area contributed by atoms with Crippen molar-refractivity contribution in [3.8, 4) is 17.1 Å². The predicted octanol–water partition coefficient (Wildman–Crippen LogP) is 11.0. The summed E-state index contributed by atoms with van der Waals surface area (Å²) in [6, 6.07) is 59.4. The summed E-state index contributed by atoms with van der Waals surface area (Å²) in [4.78, 5) is 0.